The highest BCUT2D eigenvalue weighted by molar-refractivity contribution is 7.64. The first-order valence-corrected chi connectivity index (χ1v) is 11.4. The van der Waals surface area contributed by atoms with Gasteiger partial charge in [0.15, 0.2) is 0 Å². The van der Waals surface area contributed by atoms with Gasteiger partial charge in [0.2, 0.25) is 0 Å². The van der Waals surface area contributed by atoms with Crippen LogP contribution >= 0.6 is 33.2 Å². The van der Waals surface area contributed by atoms with Gasteiger partial charge in [0.1, 0.15) is 0 Å². The second kappa shape index (κ2) is 6.15. The molecule has 0 bridgehead atoms. The molecule has 4 heteroatoms. The van der Waals surface area contributed by atoms with Gasteiger partial charge in [-0.1, -0.05) is 48.5 Å². The normalized spacial score (nSPS) is 11.2. The van der Waals surface area contributed by atoms with Gasteiger partial charge < -0.3 is 0 Å². The first-order valence-electron chi connectivity index (χ1n) is 5.88. The molecule has 0 heterocycles. The summed E-state index contributed by atoms with van der Waals surface area (Å²) >= 11 is 15.6. The maximum atomic E-state index is 5.20. The van der Waals surface area contributed by atoms with Crippen molar-refractivity contribution in [3.05, 3.63) is 60.7 Å². The second-order valence-corrected chi connectivity index (χ2v) is 14.4. The Labute approximate surface area is 128 Å². The van der Waals surface area contributed by atoms with Crippen molar-refractivity contribution in [3.63, 3.8) is 0 Å². The lowest BCUT2D eigenvalue weighted by atomic mass is 10.0. The lowest BCUT2D eigenvalue weighted by Gasteiger charge is -2.00. The molecule has 0 unspecified atom stereocenters. The maximum absolute atomic E-state index is 5.20. The molecule has 0 aliphatic rings. The highest BCUT2D eigenvalue weighted by Gasteiger charge is 2.13. The number of rotatable bonds is 0. The van der Waals surface area contributed by atoms with Crippen molar-refractivity contribution in [2.75, 3.05) is 0 Å². The van der Waals surface area contributed by atoms with E-state index in [1.807, 2.05) is 0 Å². The van der Waals surface area contributed by atoms with Crippen molar-refractivity contribution < 1.29 is 0 Å². The van der Waals surface area contributed by atoms with Crippen LogP contribution in [-0.2, 0) is 0 Å². The zero-order valence-corrected chi connectivity index (χ0v) is 13.7. The van der Waals surface area contributed by atoms with Crippen molar-refractivity contribution in [2.24, 2.45) is 0 Å². The highest BCUT2D eigenvalue weighted by atomic mass is 35.8. The largest absolute Gasteiger partial charge is 0.338 e. The third-order valence-electron chi connectivity index (χ3n) is 2.61. The Morgan fingerprint density at radius 1 is 0.632 bits per heavy atom. The minimum atomic E-state index is -2.19. The van der Waals surface area contributed by atoms with E-state index in [4.69, 9.17) is 33.2 Å². The minimum Gasteiger partial charge on any atom is -0.126 e. The van der Waals surface area contributed by atoms with E-state index >= 15 is 0 Å². The third kappa shape index (κ3) is 4.70. The summed E-state index contributed by atoms with van der Waals surface area (Å²) in [4.78, 5) is 0. The van der Waals surface area contributed by atoms with Gasteiger partial charge in [-0.3, -0.25) is 0 Å². The third-order valence-corrected chi connectivity index (χ3v) is 2.61. The smallest absolute Gasteiger partial charge is 0.126 e. The molecule has 0 atom stereocenters. The fourth-order valence-electron chi connectivity index (χ4n) is 1.88. The molecule has 3 aromatic carbocycles. The average molecular weight is 328 g/mol. The first kappa shape index (κ1) is 14.7. The van der Waals surface area contributed by atoms with Gasteiger partial charge in [-0.05, 0) is 40.2 Å². The summed E-state index contributed by atoms with van der Waals surface area (Å²) in [5, 5.41) is 5.25. The molecule has 0 fully saturated rings. The second-order valence-electron chi connectivity index (χ2n) is 4.33. The van der Waals surface area contributed by atoms with Gasteiger partial charge in [0.25, 0.3) is 0 Å². The molecule has 98 valence electrons. The average Bonchev–Trinajstić information content (AvgIpc) is 2.34. The molecular formula is C15H13Cl3Si. The van der Waals surface area contributed by atoms with Crippen LogP contribution in [0, 0.1) is 0 Å². The van der Waals surface area contributed by atoms with Crippen LogP contribution in [0.3, 0.4) is 0 Å². The standard InChI is InChI=1S/C14H10.CH3Cl3Si/c1-2-6-12-10-14-8-4-3-7-13(14)9-11(12)5-1;1-5(2,3)4/h1-10H;1H3. The fraction of sp³-hybridized carbons (Fsp3) is 0.0667. The Bertz CT molecular complexity index is 578. The molecule has 19 heavy (non-hydrogen) atoms. The van der Waals surface area contributed by atoms with Crippen LogP contribution in [0.25, 0.3) is 21.5 Å². The predicted molar refractivity (Wildman–Crippen MR) is 90.6 cm³/mol. The lowest BCUT2D eigenvalue weighted by molar-refractivity contribution is 1.76. The molecule has 0 aliphatic carbocycles. The van der Waals surface area contributed by atoms with E-state index in [1.165, 1.54) is 21.5 Å². The molecule has 0 saturated heterocycles. The van der Waals surface area contributed by atoms with Gasteiger partial charge in [0.05, 0.1) is 0 Å². The van der Waals surface area contributed by atoms with E-state index in [0.29, 0.717) is 0 Å². The molecule has 0 N–H and O–H groups in total. The zero-order chi connectivity index (χ0) is 13.9. The van der Waals surface area contributed by atoms with Crippen LogP contribution in [0.4, 0.5) is 0 Å². The predicted octanol–water partition coefficient (Wildman–Crippen LogP) is 6.26. The molecule has 0 saturated carbocycles. The summed E-state index contributed by atoms with van der Waals surface area (Å²) in [5.41, 5.74) is 0. The summed E-state index contributed by atoms with van der Waals surface area (Å²) in [5.74, 6) is 0. The van der Waals surface area contributed by atoms with Crippen LogP contribution in [0.15, 0.2) is 60.7 Å². The van der Waals surface area contributed by atoms with Gasteiger partial charge in [-0.25, -0.2) is 0 Å². The van der Waals surface area contributed by atoms with Crippen LogP contribution in [0.1, 0.15) is 0 Å². The summed E-state index contributed by atoms with van der Waals surface area (Å²) < 4.78 is 0. The highest BCUT2D eigenvalue weighted by Crippen LogP contribution is 2.22. The molecule has 0 aliphatic heterocycles. The van der Waals surface area contributed by atoms with Crippen LogP contribution in [0.5, 0.6) is 0 Å². The Hall–Kier alpha value is -0.733. The van der Waals surface area contributed by atoms with E-state index in [9.17, 15) is 0 Å². The molecule has 0 amide bonds. The Morgan fingerprint density at radius 3 is 1.05 bits per heavy atom. The SMILES string of the molecule is C[Si](Cl)(Cl)Cl.c1ccc2cc3ccccc3cc2c1. The molecule has 3 aromatic rings. The monoisotopic (exact) mass is 326 g/mol. The zero-order valence-electron chi connectivity index (χ0n) is 10.4. The Morgan fingerprint density at radius 2 is 0.842 bits per heavy atom. The lowest BCUT2D eigenvalue weighted by Crippen LogP contribution is -1.97. The quantitative estimate of drug-likeness (QED) is 0.259. The van der Waals surface area contributed by atoms with Gasteiger partial charge in [0, 0.05) is 0 Å². The number of hydrogen-bond donors (Lipinski definition) is 0. The van der Waals surface area contributed by atoms with Crippen molar-refractivity contribution in [2.45, 2.75) is 6.55 Å². The summed E-state index contributed by atoms with van der Waals surface area (Å²) in [7, 11) is 0. The van der Waals surface area contributed by atoms with E-state index in [1.54, 1.807) is 6.55 Å². The minimum absolute atomic E-state index is 1.31. The first-order chi connectivity index (χ1) is 8.93. The van der Waals surface area contributed by atoms with Crippen molar-refractivity contribution in [1.29, 1.82) is 0 Å². The van der Waals surface area contributed by atoms with E-state index in [2.05, 4.69) is 60.7 Å². The summed E-state index contributed by atoms with van der Waals surface area (Å²) in [6, 6.07) is 19.2. The van der Waals surface area contributed by atoms with E-state index < -0.39 is 6.00 Å². The van der Waals surface area contributed by atoms with E-state index in [-0.39, 0.29) is 0 Å². The van der Waals surface area contributed by atoms with Crippen molar-refractivity contribution in [3.8, 4) is 0 Å². The molecule has 0 nitrogen and oxygen atoms in total. The molecule has 3 rings (SSSR count). The molecule has 0 aromatic heterocycles. The van der Waals surface area contributed by atoms with Crippen LogP contribution in [-0.4, -0.2) is 6.00 Å². The van der Waals surface area contributed by atoms with E-state index in [0.717, 1.165) is 0 Å². The maximum Gasteiger partial charge on any atom is 0.338 e. The van der Waals surface area contributed by atoms with Crippen LogP contribution in [0.2, 0.25) is 6.55 Å². The molecule has 0 radical (unpaired) electrons. The summed E-state index contributed by atoms with van der Waals surface area (Å²) in [6.07, 6.45) is 0. The number of hydrogen-bond acceptors (Lipinski definition) is 0. The Kier molecular flexibility index (Phi) is 4.75. The topological polar surface area (TPSA) is 0 Å². The van der Waals surface area contributed by atoms with Gasteiger partial charge >= 0.3 is 6.00 Å². The number of benzene rings is 3. The van der Waals surface area contributed by atoms with Gasteiger partial charge in [-0.2, -0.15) is 0 Å². The summed E-state index contributed by atoms with van der Waals surface area (Å²) in [6.45, 7) is 1.62. The molecule has 0 spiro atoms. The van der Waals surface area contributed by atoms with Crippen molar-refractivity contribution in [1.82, 2.24) is 0 Å². The fourth-order valence-corrected chi connectivity index (χ4v) is 1.88. The Balaban J connectivity index is 0.000000232. The number of fused-ring (bicyclic) bond motifs is 2. The number of halogens is 3. The van der Waals surface area contributed by atoms with Crippen molar-refractivity contribution >= 4 is 60.8 Å². The molecular weight excluding hydrogens is 315 g/mol. The van der Waals surface area contributed by atoms with Gasteiger partial charge in [-0.15, -0.1) is 33.2 Å². The van der Waals surface area contributed by atoms with Crippen LogP contribution < -0.4 is 0 Å².